The molecule has 0 bridgehead atoms. The van der Waals surface area contributed by atoms with Crippen LogP contribution in [0, 0.1) is 47.3 Å². The van der Waals surface area contributed by atoms with Gasteiger partial charge in [-0.3, -0.25) is 0 Å². The maximum absolute atomic E-state index is 2.64. The van der Waals surface area contributed by atoms with Gasteiger partial charge in [-0.1, -0.05) is 58.8 Å². The predicted octanol–water partition coefficient (Wildman–Crippen LogP) is 6.69. The van der Waals surface area contributed by atoms with Crippen LogP contribution >= 0.6 is 0 Å². The summed E-state index contributed by atoms with van der Waals surface area (Å²) in [6.45, 7) is 5.26. The Morgan fingerprint density at radius 1 is 0.591 bits per heavy atom. The van der Waals surface area contributed by atoms with Crippen LogP contribution in [0.5, 0.6) is 0 Å². The van der Waals surface area contributed by atoms with Crippen LogP contribution in [0.25, 0.3) is 0 Å². The second-order valence-corrected chi connectivity index (χ2v) is 9.63. The molecular formula is C22H38. The largest absolute Gasteiger partial charge is 0.0620 e. The van der Waals surface area contributed by atoms with E-state index >= 15 is 0 Å². The fourth-order valence-corrected chi connectivity index (χ4v) is 7.62. The fourth-order valence-electron chi connectivity index (χ4n) is 7.62. The van der Waals surface area contributed by atoms with Gasteiger partial charge < -0.3 is 0 Å². The van der Waals surface area contributed by atoms with Gasteiger partial charge in [0.05, 0.1) is 0 Å². The summed E-state index contributed by atoms with van der Waals surface area (Å²) < 4.78 is 0. The zero-order valence-corrected chi connectivity index (χ0v) is 15.1. The van der Waals surface area contributed by atoms with Gasteiger partial charge >= 0.3 is 0 Å². The molecule has 126 valence electrons. The summed E-state index contributed by atoms with van der Waals surface area (Å²) in [6.07, 6.45) is 18.7. The first-order chi connectivity index (χ1) is 10.8. The van der Waals surface area contributed by atoms with E-state index < -0.39 is 0 Å². The van der Waals surface area contributed by atoms with Gasteiger partial charge in [-0.15, -0.1) is 0 Å². The van der Waals surface area contributed by atoms with Crippen LogP contribution in [0.15, 0.2) is 0 Å². The Hall–Kier alpha value is 0. The summed E-state index contributed by atoms with van der Waals surface area (Å²) in [7, 11) is 0. The normalized spacial score (nSPS) is 47.7. The molecule has 0 aromatic rings. The molecule has 0 N–H and O–H groups in total. The quantitative estimate of drug-likeness (QED) is 0.533. The van der Waals surface area contributed by atoms with E-state index in [1.54, 1.807) is 51.4 Å². The lowest BCUT2D eigenvalue weighted by Crippen LogP contribution is -2.32. The van der Waals surface area contributed by atoms with E-state index in [0.717, 1.165) is 47.3 Å². The third kappa shape index (κ3) is 2.67. The molecule has 4 rings (SSSR count). The third-order valence-electron chi connectivity index (χ3n) is 8.91. The maximum Gasteiger partial charge on any atom is -0.0349 e. The first-order valence-electron chi connectivity index (χ1n) is 10.8. The molecule has 0 heterocycles. The first kappa shape index (κ1) is 15.5. The summed E-state index contributed by atoms with van der Waals surface area (Å²) in [6, 6.07) is 0. The van der Waals surface area contributed by atoms with Crippen LogP contribution < -0.4 is 0 Å². The molecule has 0 aliphatic heterocycles. The number of fused-ring (bicyclic) bond motifs is 3. The molecule has 0 radical (unpaired) electrons. The minimum Gasteiger partial charge on any atom is -0.0620 e. The molecule has 7 unspecified atom stereocenters. The van der Waals surface area contributed by atoms with Crippen molar-refractivity contribution in [2.45, 2.75) is 90.9 Å². The standard InChI is InChI=1S/C22H38/c1-15(17-8-4-3-5-9-17)18-12-13-20-16(2)19-10-6-7-11-21(19)22(20)14-18/h15-22H,3-14H2,1-2H3. The van der Waals surface area contributed by atoms with Gasteiger partial charge in [0, 0.05) is 0 Å². The highest BCUT2D eigenvalue weighted by molar-refractivity contribution is 5.00. The Labute approximate surface area is 138 Å². The van der Waals surface area contributed by atoms with E-state index in [0.29, 0.717) is 0 Å². The zero-order chi connectivity index (χ0) is 15.1. The van der Waals surface area contributed by atoms with Gasteiger partial charge in [-0.25, -0.2) is 0 Å². The predicted molar refractivity (Wildman–Crippen MR) is 94.7 cm³/mol. The van der Waals surface area contributed by atoms with Crippen LogP contribution in [-0.4, -0.2) is 0 Å². The topological polar surface area (TPSA) is 0 Å². The van der Waals surface area contributed by atoms with Gasteiger partial charge in [0.15, 0.2) is 0 Å². The minimum absolute atomic E-state index is 1.03. The van der Waals surface area contributed by atoms with E-state index in [2.05, 4.69) is 13.8 Å². The zero-order valence-electron chi connectivity index (χ0n) is 15.1. The van der Waals surface area contributed by atoms with Gasteiger partial charge in [0.25, 0.3) is 0 Å². The Morgan fingerprint density at radius 2 is 1.23 bits per heavy atom. The number of rotatable bonds is 2. The monoisotopic (exact) mass is 302 g/mol. The lowest BCUT2D eigenvalue weighted by Gasteiger charge is -2.42. The molecule has 7 atom stereocenters. The van der Waals surface area contributed by atoms with Crippen molar-refractivity contribution in [3.05, 3.63) is 0 Å². The summed E-state index contributed by atoms with van der Waals surface area (Å²) in [5.74, 6) is 8.74. The average molecular weight is 303 g/mol. The molecule has 4 aliphatic carbocycles. The first-order valence-corrected chi connectivity index (χ1v) is 10.8. The minimum atomic E-state index is 1.03. The molecule has 22 heavy (non-hydrogen) atoms. The Kier molecular flexibility index (Phi) is 4.57. The second kappa shape index (κ2) is 6.48. The molecule has 0 saturated heterocycles. The van der Waals surface area contributed by atoms with Gasteiger partial charge in [-0.05, 0) is 79.4 Å². The smallest absolute Gasteiger partial charge is 0.0349 e. The third-order valence-corrected chi connectivity index (χ3v) is 8.91. The summed E-state index contributed by atoms with van der Waals surface area (Å²) in [5, 5.41) is 0. The molecule has 4 aliphatic rings. The summed E-state index contributed by atoms with van der Waals surface area (Å²) in [4.78, 5) is 0. The molecule has 4 saturated carbocycles. The van der Waals surface area contributed by atoms with Crippen molar-refractivity contribution in [1.29, 1.82) is 0 Å². The molecule has 0 heteroatoms. The van der Waals surface area contributed by atoms with Crippen LogP contribution in [0.4, 0.5) is 0 Å². The van der Waals surface area contributed by atoms with Gasteiger partial charge in [0.2, 0.25) is 0 Å². The van der Waals surface area contributed by atoms with E-state index in [1.807, 2.05) is 0 Å². The average Bonchev–Trinajstić information content (AvgIpc) is 2.88. The van der Waals surface area contributed by atoms with Crippen LogP contribution in [0.3, 0.4) is 0 Å². The molecular weight excluding hydrogens is 264 g/mol. The SMILES string of the molecule is CC(C1CCCCC1)C1CCC2C(C)C3CCCCC3C2C1. The van der Waals surface area contributed by atoms with Crippen LogP contribution in [-0.2, 0) is 0 Å². The van der Waals surface area contributed by atoms with Crippen molar-refractivity contribution in [1.82, 2.24) is 0 Å². The molecule has 0 amide bonds. The second-order valence-electron chi connectivity index (χ2n) is 9.63. The van der Waals surface area contributed by atoms with Crippen molar-refractivity contribution in [3.63, 3.8) is 0 Å². The van der Waals surface area contributed by atoms with E-state index in [9.17, 15) is 0 Å². The van der Waals surface area contributed by atoms with E-state index in [-0.39, 0.29) is 0 Å². The van der Waals surface area contributed by atoms with Crippen molar-refractivity contribution in [2.75, 3.05) is 0 Å². The van der Waals surface area contributed by atoms with Gasteiger partial charge in [0.1, 0.15) is 0 Å². The van der Waals surface area contributed by atoms with Crippen molar-refractivity contribution >= 4 is 0 Å². The van der Waals surface area contributed by atoms with Crippen molar-refractivity contribution < 1.29 is 0 Å². The van der Waals surface area contributed by atoms with Crippen molar-refractivity contribution in [2.24, 2.45) is 47.3 Å². The van der Waals surface area contributed by atoms with Crippen LogP contribution in [0.2, 0.25) is 0 Å². The lowest BCUT2D eigenvalue weighted by atomic mass is 9.64. The summed E-state index contributed by atoms with van der Waals surface area (Å²) >= 11 is 0. The summed E-state index contributed by atoms with van der Waals surface area (Å²) in [5.41, 5.74) is 0. The highest BCUT2D eigenvalue weighted by Gasteiger charge is 2.51. The molecule has 0 spiro atoms. The maximum atomic E-state index is 2.64. The Balaban J connectivity index is 1.43. The van der Waals surface area contributed by atoms with E-state index in [1.165, 1.54) is 25.7 Å². The number of hydrogen-bond acceptors (Lipinski definition) is 0. The Morgan fingerprint density at radius 3 is 2.00 bits per heavy atom. The fraction of sp³-hybridized carbons (Fsp3) is 1.00. The van der Waals surface area contributed by atoms with Gasteiger partial charge in [-0.2, -0.15) is 0 Å². The number of hydrogen-bond donors (Lipinski definition) is 0. The molecule has 0 aromatic carbocycles. The lowest BCUT2D eigenvalue weighted by molar-refractivity contribution is 0.0839. The molecule has 4 fully saturated rings. The Bertz CT molecular complexity index is 366. The van der Waals surface area contributed by atoms with Crippen LogP contribution in [0.1, 0.15) is 90.9 Å². The highest BCUT2D eigenvalue weighted by atomic mass is 14.6. The van der Waals surface area contributed by atoms with E-state index in [4.69, 9.17) is 0 Å². The van der Waals surface area contributed by atoms with Crippen molar-refractivity contribution in [3.8, 4) is 0 Å². The highest BCUT2D eigenvalue weighted by Crippen LogP contribution is 2.59. The molecule has 0 aromatic heterocycles. The molecule has 0 nitrogen and oxygen atoms in total.